The maximum atomic E-state index is 4.81. The highest BCUT2D eigenvalue weighted by Gasteiger charge is 2.13. The van der Waals surface area contributed by atoms with Crippen molar-refractivity contribution in [1.29, 1.82) is 0 Å². The minimum absolute atomic E-state index is 0.704. The highest BCUT2D eigenvalue weighted by atomic mass is 15.0. The van der Waals surface area contributed by atoms with Crippen molar-refractivity contribution in [3.05, 3.63) is 90.8 Å². The van der Waals surface area contributed by atoms with Gasteiger partial charge in [-0.1, -0.05) is 78.9 Å². The average molecular weight is 347 g/mol. The van der Waals surface area contributed by atoms with E-state index in [1.54, 1.807) is 0 Å². The number of hydrogen-bond acceptors (Lipinski definition) is 3. The van der Waals surface area contributed by atoms with Gasteiger partial charge in [-0.2, -0.15) is 0 Å². The number of benzene rings is 4. The van der Waals surface area contributed by atoms with Crippen LogP contribution in [0.25, 0.3) is 44.3 Å². The minimum Gasteiger partial charge on any atom is -0.213 e. The Morgan fingerprint density at radius 1 is 0.556 bits per heavy atom. The highest BCUT2D eigenvalue weighted by molar-refractivity contribution is 6.13. The molecule has 5 rings (SSSR count). The lowest BCUT2D eigenvalue weighted by Crippen LogP contribution is -2.00. The fourth-order valence-electron chi connectivity index (χ4n) is 3.56. The van der Waals surface area contributed by atoms with E-state index in [1.165, 1.54) is 16.2 Å². The third kappa shape index (κ3) is 2.74. The van der Waals surface area contributed by atoms with Crippen molar-refractivity contribution in [2.75, 3.05) is 0 Å². The summed E-state index contributed by atoms with van der Waals surface area (Å²) >= 11 is 0. The molecular weight excluding hydrogens is 330 g/mol. The normalized spacial score (nSPS) is 11.1. The van der Waals surface area contributed by atoms with E-state index in [4.69, 9.17) is 4.98 Å². The van der Waals surface area contributed by atoms with E-state index >= 15 is 0 Å². The summed E-state index contributed by atoms with van der Waals surface area (Å²) < 4.78 is 0. The standard InChI is InChI=1S/C24H17N3/c1-16-25-23(17-9-3-2-4-10-17)27-24(26-16)22-15-18-11-5-6-12-19(18)20-13-7-8-14-21(20)22/h2-15H,1H3. The molecule has 1 aromatic heterocycles. The van der Waals surface area contributed by atoms with E-state index in [-0.39, 0.29) is 0 Å². The number of hydrogen-bond donors (Lipinski definition) is 0. The van der Waals surface area contributed by atoms with Crippen LogP contribution in [0.3, 0.4) is 0 Å². The summed E-state index contributed by atoms with van der Waals surface area (Å²) in [6.07, 6.45) is 0. The monoisotopic (exact) mass is 347 g/mol. The van der Waals surface area contributed by atoms with Crippen molar-refractivity contribution in [2.45, 2.75) is 6.92 Å². The van der Waals surface area contributed by atoms with Gasteiger partial charge in [-0.05, 0) is 34.5 Å². The van der Waals surface area contributed by atoms with Crippen LogP contribution in [0.15, 0.2) is 84.9 Å². The summed E-state index contributed by atoms with van der Waals surface area (Å²) in [5.74, 6) is 2.13. The summed E-state index contributed by atoms with van der Waals surface area (Å²) in [7, 11) is 0. The van der Waals surface area contributed by atoms with Crippen LogP contribution in [0, 0.1) is 6.92 Å². The molecule has 128 valence electrons. The second kappa shape index (κ2) is 6.29. The molecule has 3 nitrogen and oxygen atoms in total. The summed E-state index contributed by atoms with van der Waals surface area (Å²) in [5, 5.41) is 4.79. The van der Waals surface area contributed by atoms with Crippen LogP contribution in [-0.2, 0) is 0 Å². The van der Waals surface area contributed by atoms with Gasteiger partial charge in [0.15, 0.2) is 11.6 Å². The lowest BCUT2D eigenvalue weighted by molar-refractivity contribution is 0.993. The first-order valence-electron chi connectivity index (χ1n) is 8.98. The first kappa shape index (κ1) is 15.6. The molecule has 0 fully saturated rings. The lowest BCUT2D eigenvalue weighted by atomic mass is 9.97. The molecule has 0 saturated heterocycles. The van der Waals surface area contributed by atoms with Crippen molar-refractivity contribution < 1.29 is 0 Å². The Labute approximate surface area is 157 Å². The topological polar surface area (TPSA) is 38.7 Å². The molecule has 0 radical (unpaired) electrons. The Balaban J connectivity index is 1.82. The molecule has 1 heterocycles. The van der Waals surface area contributed by atoms with E-state index in [9.17, 15) is 0 Å². The maximum Gasteiger partial charge on any atom is 0.164 e. The molecule has 0 bridgehead atoms. The number of nitrogens with zero attached hydrogens (tertiary/aromatic N) is 3. The van der Waals surface area contributed by atoms with E-state index in [1.807, 2.05) is 37.3 Å². The van der Waals surface area contributed by atoms with Gasteiger partial charge in [0.2, 0.25) is 0 Å². The molecule has 0 aliphatic heterocycles. The molecule has 5 aromatic rings. The second-order valence-corrected chi connectivity index (χ2v) is 6.59. The van der Waals surface area contributed by atoms with Gasteiger partial charge in [0.25, 0.3) is 0 Å². The Morgan fingerprint density at radius 2 is 1.19 bits per heavy atom. The summed E-state index contributed by atoms with van der Waals surface area (Å²) in [5.41, 5.74) is 2.03. The van der Waals surface area contributed by atoms with Crippen LogP contribution in [-0.4, -0.2) is 15.0 Å². The molecule has 0 atom stereocenters. The number of aromatic nitrogens is 3. The molecule has 4 aromatic carbocycles. The Morgan fingerprint density at radius 3 is 2.00 bits per heavy atom. The maximum absolute atomic E-state index is 4.81. The third-order valence-electron chi connectivity index (χ3n) is 4.79. The van der Waals surface area contributed by atoms with E-state index in [0.29, 0.717) is 11.6 Å². The average Bonchev–Trinajstić information content (AvgIpc) is 2.73. The molecule has 0 unspecified atom stereocenters. The van der Waals surface area contributed by atoms with Crippen molar-refractivity contribution >= 4 is 21.5 Å². The van der Waals surface area contributed by atoms with Crippen LogP contribution in [0.2, 0.25) is 0 Å². The van der Waals surface area contributed by atoms with Crippen molar-refractivity contribution in [3.8, 4) is 22.8 Å². The van der Waals surface area contributed by atoms with Gasteiger partial charge in [0.05, 0.1) is 0 Å². The Kier molecular flexibility index (Phi) is 3.65. The SMILES string of the molecule is Cc1nc(-c2ccccc2)nc(-c2cc3ccccc3c3ccccc23)n1. The van der Waals surface area contributed by atoms with Crippen LogP contribution in [0.1, 0.15) is 5.82 Å². The zero-order valence-electron chi connectivity index (χ0n) is 14.9. The van der Waals surface area contributed by atoms with Crippen LogP contribution < -0.4 is 0 Å². The predicted molar refractivity (Wildman–Crippen MR) is 110 cm³/mol. The van der Waals surface area contributed by atoms with Crippen molar-refractivity contribution in [1.82, 2.24) is 15.0 Å². The third-order valence-corrected chi connectivity index (χ3v) is 4.79. The van der Waals surface area contributed by atoms with Gasteiger partial charge in [0.1, 0.15) is 5.82 Å². The Bertz CT molecular complexity index is 1280. The largest absolute Gasteiger partial charge is 0.213 e. The molecule has 3 heteroatoms. The van der Waals surface area contributed by atoms with Crippen molar-refractivity contribution in [3.63, 3.8) is 0 Å². The van der Waals surface area contributed by atoms with Gasteiger partial charge in [0, 0.05) is 11.1 Å². The van der Waals surface area contributed by atoms with Crippen molar-refractivity contribution in [2.24, 2.45) is 0 Å². The zero-order chi connectivity index (χ0) is 18.2. The number of fused-ring (bicyclic) bond motifs is 3. The van der Waals surface area contributed by atoms with Gasteiger partial charge in [-0.25, -0.2) is 15.0 Å². The van der Waals surface area contributed by atoms with Gasteiger partial charge < -0.3 is 0 Å². The van der Waals surface area contributed by atoms with Crippen LogP contribution in [0.4, 0.5) is 0 Å². The first-order chi connectivity index (χ1) is 13.3. The van der Waals surface area contributed by atoms with Crippen LogP contribution >= 0.6 is 0 Å². The first-order valence-corrected chi connectivity index (χ1v) is 8.98. The molecule has 0 spiro atoms. The summed E-state index contributed by atoms with van der Waals surface area (Å²) in [4.78, 5) is 14.0. The zero-order valence-corrected chi connectivity index (χ0v) is 14.9. The summed E-state index contributed by atoms with van der Waals surface area (Å²) in [6.45, 7) is 1.92. The molecule has 0 amide bonds. The smallest absolute Gasteiger partial charge is 0.164 e. The molecule has 0 aliphatic carbocycles. The fraction of sp³-hybridized carbons (Fsp3) is 0.0417. The lowest BCUT2D eigenvalue weighted by Gasteiger charge is -2.11. The molecule has 27 heavy (non-hydrogen) atoms. The molecule has 0 N–H and O–H groups in total. The van der Waals surface area contributed by atoms with Crippen LogP contribution in [0.5, 0.6) is 0 Å². The van der Waals surface area contributed by atoms with Gasteiger partial charge >= 0.3 is 0 Å². The number of aryl methyl sites for hydroxylation is 1. The predicted octanol–water partition coefficient (Wildman–Crippen LogP) is 5.82. The molecule has 0 aliphatic rings. The van der Waals surface area contributed by atoms with E-state index < -0.39 is 0 Å². The van der Waals surface area contributed by atoms with Gasteiger partial charge in [-0.15, -0.1) is 0 Å². The fourth-order valence-corrected chi connectivity index (χ4v) is 3.56. The Hall–Kier alpha value is -3.59. The summed E-state index contributed by atoms with van der Waals surface area (Å²) in [6, 6.07) is 29.1. The highest BCUT2D eigenvalue weighted by Crippen LogP contribution is 2.33. The van der Waals surface area contributed by atoms with Gasteiger partial charge in [-0.3, -0.25) is 0 Å². The second-order valence-electron chi connectivity index (χ2n) is 6.59. The minimum atomic E-state index is 0.704. The molecule has 0 saturated carbocycles. The quantitative estimate of drug-likeness (QED) is 0.378. The molecular formula is C24H17N3. The van der Waals surface area contributed by atoms with E-state index in [2.05, 4.69) is 64.6 Å². The number of rotatable bonds is 2. The van der Waals surface area contributed by atoms with E-state index in [0.717, 1.165) is 22.3 Å².